The highest BCUT2D eigenvalue weighted by atomic mass is 19.3. The third kappa shape index (κ3) is 4.20. The summed E-state index contributed by atoms with van der Waals surface area (Å²) in [6, 6.07) is 9.94. The van der Waals surface area contributed by atoms with Crippen LogP contribution in [0.3, 0.4) is 0 Å². The van der Waals surface area contributed by atoms with Gasteiger partial charge in [0.15, 0.2) is 5.76 Å². The molecule has 0 N–H and O–H groups in total. The molecular formula is C20H24F2N4O. The van der Waals surface area contributed by atoms with Gasteiger partial charge in [0.25, 0.3) is 6.43 Å². The van der Waals surface area contributed by atoms with Crippen LogP contribution < -0.4 is 0 Å². The zero-order valence-electron chi connectivity index (χ0n) is 15.4. The summed E-state index contributed by atoms with van der Waals surface area (Å²) < 4.78 is 33.1. The van der Waals surface area contributed by atoms with Crippen molar-refractivity contribution in [3.05, 3.63) is 42.1 Å². The van der Waals surface area contributed by atoms with Gasteiger partial charge in [-0.1, -0.05) is 18.2 Å². The van der Waals surface area contributed by atoms with Gasteiger partial charge in [-0.15, -0.1) is 0 Å². The maximum Gasteiger partial charge on any atom is 0.251 e. The van der Waals surface area contributed by atoms with E-state index in [-0.39, 0.29) is 6.54 Å². The fourth-order valence-corrected chi connectivity index (χ4v) is 3.76. The molecule has 0 aliphatic carbocycles. The molecular weight excluding hydrogens is 350 g/mol. The molecule has 5 nitrogen and oxygen atoms in total. The fourth-order valence-electron chi connectivity index (χ4n) is 3.76. The van der Waals surface area contributed by atoms with Crippen molar-refractivity contribution in [1.82, 2.24) is 19.6 Å². The van der Waals surface area contributed by atoms with Crippen molar-refractivity contribution in [2.24, 2.45) is 7.05 Å². The number of para-hydroxylation sites is 1. The third-order valence-corrected chi connectivity index (χ3v) is 5.03. The number of fused-ring (bicyclic) bond motifs is 1. The molecule has 0 radical (unpaired) electrons. The number of halogens is 2. The van der Waals surface area contributed by atoms with Gasteiger partial charge in [0.2, 0.25) is 0 Å². The van der Waals surface area contributed by atoms with Crippen LogP contribution in [0, 0.1) is 0 Å². The minimum atomic E-state index is -2.27. The van der Waals surface area contributed by atoms with Gasteiger partial charge in [-0.05, 0) is 31.6 Å². The smallest absolute Gasteiger partial charge is 0.251 e. The predicted octanol–water partition coefficient (Wildman–Crippen LogP) is 3.61. The van der Waals surface area contributed by atoms with E-state index in [1.165, 1.54) is 0 Å². The van der Waals surface area contributed by atoms with E-state index in [1.807, 2.05) is 48.5 Å². The summed E-state index contributed by atoms with van der Waals surface area (Å²) >= 11 is 0. The standard InChI is InChI=1S/C20H24F2N4O/c1-24-12-16(13-25-7-4-8-26(10-9-25)14-19(21)22)20(23-24)18-11-15-5-2-3-6-17(15)27-18/h2-3,5-6,11-12,19H,4,7-10,13-14H2,1H3. The lowest BCUT2D eigenvalue weighted by Crippen LogP contribution is -2.33. The molecule has 7 heteroatoms. The molecule has 0 atom stereocenters. The number of aromatic nitrogens is 2. The maximum absolute atomic E-state index is 12.7. The van der Waals surface area contributed by atoms with Gasteiger partial charge in [-0.3, -0.25) is 14.5 Å². The van der Waals surface area contributed by atoms with Gasteiger partial charge in [0.1, 0.15) is 11.3 Å². The molecule has 0 bridgehead atoms. The number of benzene rings is 1. The highest BCUT2D eigenvalue weighted by molar-refractivity contribution is 5.82. The lowest BCUT2D eigenvalue weighted by Gasteiger charge is -2.21. The SMILES string of the molecule is Cn1cc(CN2CCCN(CC(F)F)CC2)c(-c2cc3ccccc3o2)n1. The topological polar surface area (TPSA) is 37.4 Å². The van der Waals surface area contributed by atoms with Gasteiger partial charge in [0, 0.05) is 43.8 Å². The summed E-state index contributed by atoms with van der Waals surface area (Å²) in [6.07, 6.45) is 0.645. The van der Waals surface area contributed by atoms with Crippen molar-refractivity contribution >= 4 is 11.0 Å². The third-order valence-electron chi connectivity index (χ3n) is 5.03. The van der Waals surface area contributed by atoms with Gasteiger partial charge >= 0.3 is 0 Å². The number of hydrogen-bond donors (Lipinski definition) is 0. The van der Waals surface area contributed by atoms with Gasteiger partial charge < -0.3 is 4.42 Å². The molecule has 2 aromatic heterocycles. The number of rotatable bonds is 5. The zero-order valence-corrected chi connectivity index (χ0v) is 15.4. The van der Waals surface area contributed by atoms with Crippen LogP contribution in [0.1, 0.15) is 12.0 Å². The molecule has 0 saturated carbocycles. The van der Waals surface area contributed by atoms with Crippen LogP contribution >= 0.6 is 0 Å². The first-order chi connectivity index (χ1) is 13.1. The van der Waals surface area contributed by atoms with Crippen molar-refractivity contribution in [2.45, 2.75) is 19.4 Å². The Hall–Kier alpha value is -2.25. The van der Waals surface area contributed by atoms with Gasteiger partial charge in [0.05, 0.1) is 6.54 Å². The molecule has 3 aromatic rings. The molecule has 1 saturated heterocycles. The van der Waals surface area contributed by atoms with E-state index in [0.29, 0.717) is 6.54 Å². The van der Waals surface area contributed by atoms with E-state index in [2.05, 4.69) is 10.00 Å². The lowest BCUT2D eigenvalue weighted by atomic mass is 10.1. The average molecular weight is 374 g/mol. The number of furan rings is 1. The second-order valence-corrected chi connectivity index (χ2v) is 7.15. The first-order valence-electron chi connectivity index (χ1n) is 9.33. The fraction of sp³-hybridized carbons (Fsp3) is 0.450. The summed E-state index contributed by atoms with van der Waals surface area (Å²) in [6.45, 7) is 3.68. The molecule has 3 heterocycles. The highest BCUT2D eigenvalue weighted by Gasteiger charge is 2.21. The second-order valence-electron chi connectivity index (χ2n) is 7.15. The van der Waals surface area contributed by atoms with Crippen LogP contribution in [0.4, 0.5) is 8.78 Å². The first kappa shape index (κ1) is 18.1. The number of alkyl halides is 2. The Morgan fingerprint density at radius 3 is 2.70 bits per heavy atom. The van der Waals surface area contributed by atoms with Crippen LogP contribution in [0.15, 0.2) is 40.9 Å². The number of nitrogens with zero attached hydrogens (tertiary/aromatic N) is 4. The van der Waals surface area contributed by atoms with E-state index in [9.17, 15) is 8.78 Å². The summed E-state index contributed by atoms with van der Waals surface area (Å²) in [4.78, 5) is 4.17. The number of hydrogen-bond acceptors (Lipinski definition) is 4. The molecule has 4 rings (SSSR count). The minimum Gasteiger partial charge on any atom is -0.454 e. The molecule has 1 fully saturated rings. The van der Waals surface area contributed by atoms with E-state index in [1.54, 1.807) is 4.68 Å². The van der Waals surface area contributed by atoms with E-state index < -0.39 is 6.43 Å². The Morgan fingerprint density at radius 2 is 1.89 bits per heavy atom. The van der Waals surface area contributed by atoms with Crippen molar-refractivity contribution in [1.29, 1.82) is 0 Å². The van der Waals surface area contributed by atoms with Gasteiger partial charge in [-0.25, -0.2) is 8.78 Å². The summed E-state index contributed by atoms with van der Waals surface area (Å²) in [5, 5.41) is 5.66. The molecule has 0 amide bonds. The Balaban J connectivity index is 1.51. The Bertz CT molecular complexity index is 871. The van der Waals surface area contributed by atoms with E-state index in [4.69, 9.17) is 4.42 Å². The molecule has 144 valence electrons. The molecule has 27 heavy (non-hydrogen) atoms. The summed E-state index contributed by atoms with van der Waals surface area (Å²) in [5.74, 6) is 0.765. The Morgan fingerprint density at radius 1 is 1.11 bits per heavy atom. The quantitative estimate of drug-likeness (QED) is 0.684. The Labute approximate surface area is 157 Å². The van der Waals surface area contributed by atoms with Crippen molar-refractivity contribution in [3.8, 4) is 11.5 Å². The maximum atomic E-state index is 12.7. The highest BCUT2D eigenvalue weighted by Crippen LogP contribution is 2.29. The molecule has 0 spiro atoms. The van der Waals surface area contributed by atoms with Crippen LogP contribution in [-0.2, 0) is 13.6 Å². The van der Waals surface area contributed by atoms with Crippen LogP contribution in [0.2, 0.25) is 0 Å². The van der Waals surface area contributed by atoms with Crippen molar-refractivity contribution < 1.29 is 13.2 Å². The lowest BCUT2D eigenvalue weighted by molar-refractivity contribution is 0.0897. The largest absolute Gasteiger partial charge is 0.454 e. The molecule has 1 aliphatic heterocycles. The normalized spacial score (nSPS) is 17.0. The average Bonchev–Trinajstić information content (AvgIpc) is 3.14. The predicted molar refractivity (Wildman–Crippen MR) is 101 cm³/mol. The zero-order chi connectivity index (χ0) is 18.8. The van der Waals surface area contributed by atoms with Gasteiger partial charge in [-0.2, -0.15) is 5.10 Å². The second kappa shape index (κ2) is 7.78. The molecule has 1 aliphatic rings. The summed E-state index contributed by atoms with van der Waals surface area (Å²) in [5.41, 5.74) is 2.79. The van der Waals surface area contributed by atoms with Crippen LogP contribution in [0.5, 0.6) is 0 Å². The molecule has 0 unspecified atom stereocenters. The van der Waals surface area contributed by atoms with E-state index >= 15 is 0 Å². The van der Waals surface area contributed by atoms with Crippen LogP contribution in [-0.4, -0.2) is 58.7 Å². The number of aryl methyl sites for hydroxylation is 1. The van der Waals surface area contributed by atoms with Crippen LogP contribution in [0.25, 0.3) is 22.4 Å². The Kier molecular flexibility index (Phi) is 5.22. The summed E-state index contributed by atoms with van der Waals surface area (Å²) in [7, 11) is 1.91. The van der Waals surface area contributed by atoms with E-state index in [0.717, 1.165) is 60.6 Å². The first-order valence-corrected chi connectivity index (χ1v) is 9.33. The molecule has 1 aromatic carbocycles. The monoisotopic (exact) mass is 374 g/mol. The van der Waals surface area contributed by atoms with Crippen molar-refractivity contribution in [2.75, 3.05) is 32.7 Å². The minimum absolute atomic E-state index is 0.134. The van der Waals surface area contributed by atoms with Crippen molar-refractivity contribution in [3.63, 3.8) is 0 Å².